The molecule has 1 aliphatic carbocycles. The minimum Gasteiger partial charge on any atom is -0.368 e. The first-order valence-corrected chi connectivity index (χ1v) is 10.6. The van der Waals surface area contributed by atoms with E-state index in [1.807, 2.05) is 37.3 Å². The fourth-order valence-electron chi connectivity index (χ4n) is 4.45. The molecule has 8 heteroatoms. The molecule has 2 saturated heterocycles. The average Bonchev–Trinajstić information content (AvgIpc) is 2.75. The summed E-state index contributed by atoms with van der Waals surface area (Å²) in [5.74, 6) is 0. The second-order valence-corrected chi connectivity index (χ2v) is 7.81. The highest BCUT2D eigenvalue weighted by atomic mass is 16.8. The smallest absolute Gasteiger partial charge is 0.291 e. The van der Waals surface area contributed by atoms with Crippen molar-refractivity contribution in [3.05, 3.63) is 46.0 Å². The topological polar surface area (TPSA) is 89.3 Å². The van der Waals surface area contributed by atoms with E-state index in [4.69, 9.17) is 23.7 Å². The molecule has 1 saturated carbocycles. The van der Waals surface area contributed by atoms with Gasteiger partial charge in [0.25, 0.3) is 6.04 Å². The van der Waals surface area contributed by atoms with Gasteiger partial charge in [0.15, 0.2) is 12.4 Å². The van der Waals surface area contributed by atoms with E-state index in [1.54, 1.807) is 0 Å². The van der Waals surface area contributed by atoms with Crippen LogP contribution in [0.15, 0.2) is 30.3 Å². The summed E-state index contributed by atoms with van der Waals surface area (Å²) in [6.07, 6.45) is 1.71. The van der Waals surface area contributed by atoms with Crippen molar-refractivity contribution in [1.82, 2.24) is 0 Å². The van der Waals surface area contributed by atoms with E-state index < -0.39 is 36.9 Å². The van der Waals surface area contributed by atoms with Crippen molar-refractivity contribution < 1.29 is 28.6 Å². The van der Waals surface area contributed by atoms with Gasteiger partial charge in [-0.25, -0.2) is 0 Å². The third-order valence-electron chi connectivity index (χ3n) is 5.86. The summed E-state index contributed by atoms with van der Waals surface area (Å²) >= 11 is 0. The summed E-state index contributed by atoms with van der Waals surface area (Å²) in [6.45, 7) is 2.43. The lowest BCUT2D eigenvalue weighted by atomic mass is 9.94. The minimum absolute atomic E-state index is 0.0162. The molecule has 8 nitrogen and oxygen atoms in total. The van der Waals surface area contributed by atoms with E-state index in [0.717, 1.165) is 31.2 Å². The van der Waals surface area contributed by atoms with Gasteiger partial charge in [0.05, 0.1) is 12.7 Å². The maximum Gasteiger partial charge on any atom is 0.291 e. The molecule has 0 amide bonds. The Morgan fingerprint density at radius 2 is 1.90 bits per heavy atom. The van der Waals surface area contributed by atoms with Crippen LogP contribution in [0.2, 0.25) is 0 Å². The number of benzene rings is 1. The van der Waals surface area contributed by atoms with Crippen LogP contribution in [-0.4, -0.2) is 54.9 Å². The first-order chi connectivity index (χ1) is 14.2. The molecule has 0 N–H and O–H groups in total. The highest BCUT2D eigenvalue weighted by molar-refractivity contribution is 5.16. The lowest BCUT2D eigenvalue weighted by Crippen LogP contribution is -2.65. The second kappa shape index (κ2) is 9.49. The van der Waals surface area contributed by atoms with Gasteiger partial charge in [-0.15, -0.1) is 0 Å². The Balaban J connectivity index is 1.53. The van der Waals surface area contributed by atoms with Crippen LogP contribution in [0.3, 0.4) is 0 Å². The van der Waals surface area contributed by atoms with Crippen LogP contribution in [-0.2, 0) is 23.7 Å². The molecular formula is C21H29NO7. The molecule has 2 aliphatic heterocycles. The highest BCUT2D eigenvalue weighted by Gasteiger charge is 2.57. The maximum absolute atomic E-state index is 12.0. The summed E-state index contributed by atoms with van der Waals surface area (Å²) in [4.78, 5) is 11.6. The fourth-order valence-corrected chi connectivity index (χ4v) is 4.45. The van der Waals surface area contributed by atoms with Crippen molar-refractivity contribution in [3.63, 3.8) is 0 Å². The van der Waals surface area contributed by atoms with E-state index in [0.29, 0.717) is 6.61 Å². The first-order valence-electron chi connectivity index (χ1n) is 10.6. The highest BCUT2D eigenvalue weighted by Crippen LogP contribution is 2.37. The van der Waals surface area contributed by atoms with E-state index in [1.165, 1.54) is 6.42 Å². The molecular weight excluding hydrogens is 378 g/mol. The molecule has 6 atom stereocenters. The van der Waals surface area contributed by atoms with Crippen LogP contribution in [0.1, 0.15) is 50.9 Å². The van der Waals surface area contributed by atoms with Crippen LogP contribution < -0.4 is 0 Å². The molecule has 1 aromatic carbocycles. The minimum atomic E-state index is -1.15. The van der Waals surface area contributed by atoms with Crippen LogP contribution >= 0.6 is 0 Å². The third-order valence-corrected chi connectivity index (χ3v) is 5.86. The number of rotatable bonds is 6. The number of nitrogens with zero attached hydrogens (tertiary/aromatic N) is 1. The molecule has 0 bridgehead atoms. The van der Waals surface area contributed by atoms with E-state index in [-0.39, 0.29) is 17.6 Å². The largest absolute Gasteiger partial charge is 0.368 e. The molecule has 1 aromatic rings. The van der Waals surface area contributed by atoms with Crippen molar-refractivity contribution in [2.75, 3.05) is 13.2 Å². The van der Waals surface area contributed by atoms with Gasteiger partial charge in [0.1, 0.15) is 12.2 Å². The summed E-state index contributed by atoms with van der Waals surface area (Å²) in [5, 5.41) is 12.0. The van der Waals surface area contributed by atoms with E-state index >= 15 is 0 Å². The van der Waals surface area contributed by atoms with Crippen LogP contribution in [0.5, 0.6) is 0 Å². The monoisotopic (exact) mass is 407 g/mol. The summed E-state index contributed by atoms with van der Waals surface area (Å²) < 4.78 is 30.0. The molecule has 2 heterocycles. The van der Waals surface area contributed by atoms with Crippen LogP contribution in [0.25, 0.3) is 0 Å². The SMILES string of the molecule is CCO[C@H]1[C@@H]2O[C@H](c3ccccc3)OC[C@H]2O[C@@H](OC2CCCCC2)[C@@H]1[N+](=O)[O-]. The van der Waals surface area contributed by atoms with Gasteiger partial charge < -0.3 is 23.7 Å². The summed E-state index contributed by atoms with van der Waals surface area (Å²) in [7, 11) is 0. The second-order valence-electron chi connectivity index (χ2n) is 7.81. The van der Waals surface area contributed by atoms with Gasteiger partial charge in [-0.05, 0) is 19.8 Å². The molecule has 0 spiro atoms. The van der Waals surface area contributed by atoms with E-state index in [2.05, 4.69) is 0 Å². The number of hydrogen-bond acceptors (Lipinski definition) is 7. The Hall–Kier alpha value is -1.58. The normalized spacial score (nSPS) is 35.8. The van der Waals surface area contributed by atoms with Gasteiger partial charge >= 0.3 is 0 Å². The molecule has 0 radical (unpaired) electrons. The molecule has 29 heavy (non-hydrogen) atoms. The Morgan fingerprint density at radius 1 is 1.14 bits per heavy atom. The lowest BCUT2D eigenvalue weighted by molar-refractivity contribution is -0.581. The average molecular weight is 407 g/mol. The zero-order valence-electron chi connectivity index (χ0n) is 16.7. The Labute approximate surface area is 170 Å². The van der Waals surface area contributed by atoms with Gasteiger partial charge in [0.2, 0.25) is 6.29 Å². The summed E-state index contributed by atoms with van der Waals surface area (Å²) in [5.41, 5.74) is 0.861. The molecule has 4 rings (SSSR count). The Kier molecular flexibility index (Phi) is 6.77. The van der Waals surface area contributed by atoms with Crippen LogP contribution in [0, 0.1) is 10.1 Å². The van der Waals surface area contributed by atoms with Crippen molar-refractivity contribution >= 4 is 0 Å². The van der Waals surface area contributed by atoms with Gasteiger partial charge in [-0.2, -0.15) is 0 Å². The van der Waals surface area contributed by atoms with Crippen molar-refractivity contribution in [2.24, 2.45) is 0 Å². The van der Waals surface area contributed by atoms with Gasteiger partial charge in [-0.3, -0.25) is 10.1 Å². The fraction of sp³-hybridized carbons (Fsp3) is 0.714. The van der Waals surface area contributed by atoms with Gasteiger partial charge in [0, 0.05) is 17.1 Å². The number of ether oxygens (including phenoxy) is 5. The third kappa shape index (κ3) is 4.62. The zero-order chi connectivity index (χ0) is 20.2. The number of nitro groups is 1. The molecule has 0 unspecified atom stereocenters. The lowest BCUT2D eigenvalue weighted by Gasteiger charge is -2.46. The molecule has 3 aliphatic rings. The number of fused-ring (bicyclic) bond motifs is 1. The van der Waals surface area contributed by atoms with Gasteiger partial charge in [-0.1, -0.05) is 49.6 Å². The Morgan fingerprint density at radius 3 is 2.59 bits per heavy atom. The zero-order valence-corrected chi connectivity index (χ0v) is 16.7. The number of hydrogen-bond donors (Lipinski definition) is 0. The molecule has 160 valence electrons. The first kappa shape index (κ1) is 20.7. The quantitative estimate of drug-likeness (QED) is 0.528. The Bertz CT molecular complexity index is 666. The molecule has 3 fully saturated rings. The standard InChI is InChI=1S/C21H29NO7/c1-2-25-19-17(22(23)24)21(27-15-11-7-4-8-12-15)28-16-13-26-20(29-18(16)19)14-9-5-3-6-10-14/h3,5-6,9-10,15-21H,2,4,7-8,11-13H2,1H3/t16-,17-,18-,19-,20-,21-/m1/s1. The predicted octanol–water partition coefficient (Wildman–Crippen LogP) is 3.23. The maximum atomic E-state index is 12.0. The van der Waals surface area contributed by atoms with Crippen LogP contribution in [0.4, 0.5) is 0 Å². The predicted molar refractivity (Wildman–Crippen MR) is 103 cm³/mol. The molecule has 0 aromatic heterocycles. The van der Waals surface area contributed by atoms with Crippen molar-refractivity contribution in [3.8, 4) is 0 Å². The van der Waals surface area contributed by atoms with E-state index in [9.17, 15) is 10.1 Å². The summed E-state index contributed by atoms with van der Waals surface area (Å²) in [6, 6.07) is 8.39. The van der Waals surface area contributed by atoms with Crippen molar-refractivity contribution in [1.29, 1.82) is 0 Å². The van der Waals surface area contributed by atoms with Crippen molar-refractivity contribution in [2.45, 2.75) is 82.1 Å².